The van der Waals surface area contributed by atoms with E-state index in [1.165, 1.54) is 0 Å². The maximum atomic E-state index is 12.3. The molecular formula is C20H29N5O2. The summed E-state index contributed by atoms with van der Waals surface area (Å²) >= 11 is 0. The van der Waals surface area contributed by atoms with Crippen LogP contribution in [0.4, 0.5) is 16.4 Å². The van der Waals surface area contributed by atoms with Crippen LogP contribution in [0.1, 0.15) is 33.6 Å². The smallest absolute Gasteiger partial charge is 0.410 e. The summed E-state index contributed by atoms with van der Waals surface area (Å²) in [6.07, 6.45) is 1.82. The van der Waals surface area contributed by atoms with Gasteiger partial charge >= 0.3 is 6.09 Å². The zero-order valence-electron chi connectivity index (χ0n) is 16.6. The van der Waals surface area contributed by atoms with E-state index in [1.807, 2.05) is 57.0 Å². The van der Waals surface area contributed by atoms with E-state index in [1.54, 1.807) is 0 Å². The summed E-state index contributed by atoms with van der Waals surface area (Å²) in [6.45, 7) is 7.87. The Morgan fingerprint density at radius 3 is 2.52 bits per heavy atom. The predicted molar refractivity (Wildman–Crippen MR) is 108 cm³/mol. The zero-order chi connectivity index (χ0) is 19.4. The first-order valence-corrected chi connectivity index (χ1v) is 9.52. The third-order valence-electron chi connectivity index (χ3n) is 4.54. The van der Waals surface area contributed by atoms with Gasteiger partial charge in [-0.25, -0.2) is 14.8 Å². The monoisotopic (exact) mass is 371 g/mol. The average Bonchev–Trinajstić information content (AvgIpc) is 2.64. The van der Waals surface area contributed by atoms with E-state index in [0.29, 0.717) is 12.5 Å². The molecule has 7 nitrogen and oxygen atoms in total. The summed E-state index contributed by atoms with van der Waals surface area (Å²) in [5.74, 6) is 1.82. The van der Waals surface area contributed by atoms with Crippen LogP contribution in [0, 0.1) is 5.92 Å². The van der Waals surface area contributed by atoms with Crippen LogP contribution in [-0.4, -0.2) is 53.2 Å². The summed E-state index contributed by atoms with van der Waals surface area (Å²) in [4.78, 5) is 23.5. The highest BCUT2D eigenvalue weighted by Gasteiger charge is 2.27. The molecule has 7 heteroatoms. The van der Waals surface area contributed by atoms with Gasteiger partial charge < -0.3 is 20.3 Å². The van der Waals surface area contributed by atoms with Crippen molar-refractivity contribution in [2.24, 2.45) is 5.92 Å². The number of benzene rings is 1. The number of hydrogen-bond donors (Lipinski definition) is 2. The van der Waals surface area contributed by atoms with Gasteiger partial charge in [0.2, 0.25) is 0 Å². The van der Waals surface area contributed by atoms with Crippen molar-refractivity contribution in [3.05, 3.63) is 24.3 Å². The summed E-state index contributed by atoms with van der Waals surface area (Å²) in [6, 6.07) is 7.82. The fraction of sp³-hybridized carbons (Fsp3) is 0.550. The van der Waals surface area contributed by atoms with Crippen LogP contribution in [0.25, 0.3) is 11.0 Å². The first kappa shape index (κ1) is 19.2. The second-order valence-corrected chi connectivity index (χ2v) is 7.98. The predicted octanol–water partition coefficient (Wildman–Crippen LogP) is 3.73. The summed E-state index contributed by atoms with van der Waals surface area (Å²) in [7, 11) is 1.84. The number of piperidine rings is 1. The molecule has 0 radical (unpaired) electrons. The van der Waals surface area contributed by atoms with Crippen LogP contribution in [0.3, 0.4) is 0 Å². The lowest BCUT2D eigenvalue weighted by atomic mass is 9.98. The van der Waals surface area contributed by atoms with Crippen molar-refractivity contribution in [1.82, 2.24) is 14.9 Å². The lowest BCUT2D eigenvalue weighted by Crippen LogP contribution is -2.44. The Labute approximate surface area is 160 Å². The minimum atomic E-state index is -0.468. The van der Waals surface area contributed by atoms with Crippen LogP contribution in [0.15, 0.2) is 24.3 Å². The third-order valence-corrected chi connectivity index (χ3v) is 4.54. The normalized spacial score (nSPS) is 17.6. The topological polar surface area (TPSA) is 79.4 Å². The number of rotatable bonds is 4. The molecule has 1 aromatic carbocycles. The molecule has 1 aliphatic heterocycles. The molecule has 1 fully saturated rings. The fourth-order valence-corrected chi connectivity index (χ4v) is 3.26. The van der Waals surface area contributed by atoms with Gasteiger partial charge in [-0.2, -0.15) is 0 Å². The highest BCUT2D eigenvalue weighted by Crippen LogP contribution is 2.23. The van der Waals surface area contributed by atoms with Gasteiger partial charge in [0, 0.05) is 26.7 Å². The van der Waals surface area contributed by atoms with Crippen molar-refractivity contribution in [1.29, 1.82) is 0 Å². The molecular weight excluding hydrogens is 342 g/mol. The van der Waals surface area contributed by atoms with Gasteiger partial charge in [0.05, 0.1) is 11.0 Å². The molecule has 1 atom stereocenters. The van der Waals surface area contributed by atoms with Gasteiger partial charge in [0.15, 0.2) is 11.6 Å². The van der Waals surface area contributed by atoms with Crippen LogP contribution < -0.4 is 10.6 Å². The Bertz CT molecular complexity index is 803. The number of aromatic nitrogens is 2. The highest BCUT2D eigenvalue weighted by atomic mass is 16.6. The zero-order valence-corrected chi connectivity index (χ0v) is 16.6. The third kappa shape index (κ3) is 4.99. The van der Waals surface area contributed by atoms with Gasteiger partial charge in [0.25, 0.3) is 0 Å². The largest absolute Gasteiger partial charge is 0.444 e. The van der Waals surface area contributed by atoms with Gasteiger partial charge in [-0.05, 0) is 51.7 Å². The number of nitrogens with one attached hydrogen (secondary N) is 2. The van der Waals surface area contributed by atoms with Crippen LogP contribution in [-0.2, 0) is 4.74 Å². The Kier molecular flexibility index (Phi) is 5.68. The number of fused-ring (bicyclic) bond motifs is 1. The number of para-hydroxylation sites is 2. The Balaban J connectivity index is 1.64. The summed E-state index contributed by atoms with van der Waals surface area (Å²) in [5.41, 5.74) is 1.25. The van der Waals surface area contributed by atoms with E-state index in [-0.39, 0.29) is 6.09 Å². The van der Waals surface area contributed by atoms with Crippen LogP contribution in [0.5, 0.6) is 0 Å². The van der Waals surface area contributed by atoms with E-state index < -0.39 is 5.60 Å². The standard InChI is InChI=1S/C20H29N5O2/c1-20(2,3)27-19(26)25-11-7-8-14(13-25)12-22-18-17(21-4)23-15-9-5-6-10-16(15)24-18/h5-6,9-10,14H,7-8,11-13H2,1-4H3,(H,21,23)(H,22,24). The molecule has 1 saturated heterocycles. The summed E-state index contributed by atoms with van der Waals surface area (Å²) < 4.78 is 5.51. The molecule has 146 valence electrons. The van der Waals surface area contributed by atoms with Crippen molar-refractivity contribution in [3.63, 3.8) is 0 Å². The number of amides is 1. The Hall–Kier alpha value is -2.57. The first-order chi connectivity index (χ1) is 12.9. The van der Waals surface area contributed by atoms with Crippen LogP contribution >= 0.6 is 0 Å². The highest BCUT2D eigenvalue weighted by molar-refractivity contribution is 5.80. The van der Waals surface area contributed by atoms with E-state index in [9.17, 15) is 4.79 Å². The number of hydrogen-bond acceptors (Lipinski definition) is 6. The van der Waals surface area contributed by atoms with Gasteiger partial charge in [-0.15, -0.1) is 0 Å². The maximum Gasteiger partial charge on any atom is 0.410 e. The maximum absolute atomic E-state index is 12.3. The van der Waals surface area contributed by atoms with E-state index in [0.717, 1.165) is 48.6 Å². The van der Waals surface area contributed by atoms with Crippen LogP contribution in [0.2, 0.25) is 0 Å². The molecule has 0 spiro atoms. The lowest BCUT2D eigenvalue weighted by Gasteiger charge is -2.34. The number of carbonyl (C=O) groups excluding carboxylic acids is 1. The number of anilines is 2. The molecule has 0 saturated carbocycles. The second kappa shape index (κ2) is 7.98. The number of carbonyl (C=O) groups is 1. The quantitative estimate of drug-likeness (QED) is 0.852. The number of ether oxygens (including phenoxy) is 1. The molecule has 1 amide bonds. The lowest BCUT2D eigenvalue weighted by molar-refractivity contribution is 0.0172. The average molecular weight is 371 g/mol. The first-order valence-electron chi connectivity index (χ1n) is 9.52. The van der Waals surface area contributed by atoms with E-state index >= 15 is 0 Å². The molecule has 27 heavy (non-hydrogen) atoms. The molecule has 2 heterocycles. The van der Waals surface area contributed by atoms with Gasteiger partial charge in [0.1, 0.15) is 5.60 Å². The van der Waals surface area contributed by atoms with E-state index in [4.69, 9.17) is 9.72 Å². The molecule has 2 aromatic rings. The molecule has 1 aromatic heterocycles. The van der Waals surface area contributed by atoms with Gasteiger partial charge in [-0.3, -0.25) is 0 Å². The molecule has 0 bridgehead atoms. The van der Waals surface area contributed by atoms with E-state index in [2.05, 4.69) is 15.6 Å². The minimum Gasteiger partial charge on any atom is -0.444 e. The minimum absolute atomic E-state index is 0.228. The molecule has 2 N–H and O–H groups in total. The van der Waals surface area contributed by atoms with Crippen molar-refractivity contribution in [3.8, 4) is 0 Å². The van der Waals surface area contributed by atoms with Crippen molar-refractivity contribution >= 4 is 28.8 Å². The SMILES string of the molecule is CNc1nc2ccccc2nc1NCC1CCCN(C(=O)OC(C)(C)C)C1. The Morgan fingerprint density at radius 1 is 1.22 bits per heavy atom. The van der Waals surface area contributed by atoms with Crippen molar-refractivity contribution < 1.29 is 9.53 Å². The Morgan fingerprint density at radius 2 is 1.89 bits per heavy atom. The molecule has 1 aliphatic rings. The number of nitrogens with zero attached hydrogens (tertiary/aromatic N) is 3. The number of likely N-dealkylation sites (tertiary alicyclic amines) is 1. The summed E-state index contributed by atoms with van der Waals surface area (Å²) in [5, 5.41) is 6.53. The molecule has 1 unspecified atom stereocenters. The second-order valence-electron chi connectivity index (χ2n) is 7.98. The van der Waals surface area contributed by atoms with Crippen molar-refractivity contribution in [2.45, 2.75) is 39.2 Å². The molecule has 0 aliphatic carbocycles. The molecule has 3 rings (SSSR count). The van der Waals surface area contributed by atoms with Gasteiger partial charge in [-0.1, -0.05) is 12.1 Å². The van der Waals surface area contributed by atoms with Crippen molar-refractivity contribution in [2.75, 3.05) is 37.3 Å². The fourth-order valence-electron chi connectivity index (χ4n) is 3.26.